The fourth-order valence-corrected chi connectivity index (χ4v) is 3.87. The number of rotatable bonds is 5. The summed E-state index contributed by atoms with van der Waals surface area (Å²) in [6.45, 7) is 7.33. The van der Waals surface area contributed by atoms with Gasteiger partial charge in [0.05, 0.1) is 0 Å². The molecule has 0 N–H and O–H groups in total. The molecule has 2 rings (SSSR count). The average Bonchev–Trinajstić information content (AvgIpc) is 2.69. The van der Waals surface area contributed by atoms with Crippen molar-refractivity contribution in [2.24, 2.45) is 5.41 Å². The lowest BCUT2D eigenvalue weighted by Crippen LogP contribution is -2.36. The molecule has 0 heteroatoms. The Morgan fingerprint density at radius 2 is 1.72 bits per heavy atom. The van der Waals surface area contributed by atoms with Crippen LogP contribution in [0.15, 0.2) is 30.3 Å². The van der Waals surface area contributed by atoms with Crippen molar-refractivity contribution >= 4 is 0 Å². The van der Waals surface area contributed by atoms with E-state index in [4.69, 9.17) is 0 Å². The molecular formula is C18H28. The smallest absolute Gasteiger partial charge is 0.00215 e. The molecule has 2 atom stereocenters. The highest BCUT2D eigenvalue weighted by molar-refractivity contribution is 5.29. The van der Waals surface area contributed by atoms with Gasteiger partial charge in [-0.25, -0.2) is 0 Å². The third-order valence-electron chi connectivity index (χ3n) is 5.48. The third kappa shape index (κ3) is 2.35. The Bertz CT molecular complexity index is 367. The van der Waals surface area contributed by atoms with Crippen LogP contribution < -0.4 is 0 Å². The topological polar surface area (TPSA) is 0 Å². The van der Waals surface area contributed by atoms with Gasteiger partial charge in [0, 0.05) is 0 Å². The predicted molar refractivity (Wildman–Crippen MR) is 79.9 cm³/mol. The van der Waals surface area contributed by atoms with Crippen molar-refractivity contribution < 1.29 is 0 Å². The molecule has 18 heavy (non-hydrogen) atoms. The normalized spacial score (nSPS) is 31.7. The zero-order valence-electron chi connectivity index (χ0n) is 12.3. The van der Waals surface area contributed by atoms with Crippen molar-refractivity contribution in [3.05, 3.63) is 35.9 Å². The van der Waals surface area contributed by atoms with E-state index in [1.54, 1.807) is 5.56 Å². The molecule has 0 nitrogen and oxygen atoms in total. The second kappa shape index (κ2) is 5.47. The Morgan fingerprint density at radius 1 is 1.00 bits per heavy atom. The number of hydrogen-bond acceptors (Lipinski definition) is 0. The van der Waals surface area contributed by atoms with Crippen molar-refractivity contribution in [2.45, 2.75) is 71.1 Å². The lowest BCUT2D eigenvalue weighted by molar-refractivity contribution is 0.173. The van der Waals surface area contributed by atoms with Crippen LogP contribution in [0.1, 0.15) is 71.3 Å². The van der Waals surface area contributed by atoms with Gasteiger partial charge >= 0.3 is 0 Å². The Hall–Kier alpha value is -0.780. The molecule has 0 aromatic heterocycles. The van der Waals surface area contributed by atoms with Crippen LogP contribution in [-0.2, 0) is 5.41 Å². The highest BCUT2D eigenvalue weighted by atomic mass is 14.5. The van der Waals surface area contributed by atoms with Crippen LogP contribution in [-0.4, -0.2) is 0 Å². The van der Waals surface area contributed by atoms with Crippen LogP contribution in [0.4, 0.5) is 0 Å². The summed E-state index contributed by atoms with van der Waals surface area (Å²) in [6.07, 6.45) is 9.68. The number of benzene rings is 1. The highest BCUT2D eigenvalue weighted by Crippen LogP contribution is 2.56. The van der Waals surface area contributed by atoms with Crippen LogP contribution in [0.25, 0.3) is 0 Å². The quantitative estimate of drug-likeness (QED) is 0.581. The van der Waals surface area contributed by atoms with Crippen LogP contribution in [0.3, 0.4) is 0 Å². The van der Waals surface area contributed by atoms with E-state index in [0.717, 1.165) is 0 Å². The Labute approximate surface area is 113 Å². The molecule has 1 aliphatic carbocycles. The van der Waals surface area contributed by atoms with E-state index in [-0.39, 0.29) is 0 Å². The Morgan fingerprint density at radius 3 is 2.39 bits per heavy atom. The summed E-state index contributed by atoms with van der Waals surface area (Å²) in [4.78, 5) is 0. The summed E-state index contributed by atoms with van der Waals surface area (Å²) < 4.78 is 0. The third-order valence-corrected chi connectivity index (χ3v) is 5.48. The van der Waals surface area contributed by atoms with Gasteiger partial charge in [0.1, 0.15) is 0 Å². The van der Waals surface area contributed by atoms with Gasteiger partial charge < -0.3 is 0 Å². The molecule has 0 bridgehead atoms. The minimum Gasteiger partial charge on any atom is -0.0654 e. The fourth-order valence-electron chi connectivity index (χ4n) is 3.87. The second-order valence-corrected chi connectivity index (χ2v) is 6.57. The summed E-state index contributed by atoms with van der Waals surface area (Å²) in [6, 6.07) is 11.2. The summed E-state index contributed by atoms with van der Waals surface area (Å²) in [5.74, 6) is 0. The Kier molecular flexibility index (Phi) is 4.14. The monoisotopic (exact) mass is 244 g/mol. The predicted octanol–water partition coefficient (Wildman–Crippen LogP) is 5.71. The molecule has 0 amide bonds. The molecule has 0 radical (unpaired) electrons. The number of unbranched alkanes of at least 4 members (excludes halogenated alkanes) is 2. The lowest BCUT2D eigenvalue weighted by atomic mass is 9.62. The van der Waals surface area contributed by atoms with E-state index >= 15 is 0 Å². The first kappa shape index (κ1) is 13.6. The average molecular weight is 244 g/mol. The maximum atomic E-state index is 2.53. The minimum atomic E-state index is 0.391. The molecule has 1 fully saturated rings. The van der Waals surface area contributed by atoms with Gasteiger partial charge in [-0.3, -0.25) is 0 Å². The largest absolute Gasteiger partial charge is 0.0654 e. The standard InChI is InChI=1S/C18H28/c1-4-5-9-13-17(2)14-10-15-18(17,3)16-11-7-6-8-12-16/h6-8,11-12H,4-5,9-10,13-15H2,1-3H3/t17-,18-/m1/s1. The van der Waals surface area contributed by atoms with E-state index in [9.17, 15) is 0 Å². The first-order chi connectivity index (χ1) is 8.62. The van der Waals surface area contributed by atoms with E-state index < -0.39 is 0 Å². The van der Waals surface area contributed by atoms with Crippen molar-refractivity contribution in [1.29, 1.82) is 0 Å². The van der Waals surface area contributed by atoms with Crippen LogP contribution in [0.5, 0.6) is 0 Å². The molecule has 1 aliphatic rings. The number of hydrogen-bond donors (Lipinski definition) is 0. The van der Waals surface area contributed by atoms with Gasteiger partial charge in [0.15, 0.2) is 0 Å². The zero-order valence-corrected chi connectivity index (χ0v) is 12.3. The molecule has 0 saturated heterocycles. The SMILES string of the molecule is CCCCC[C@]1(C)CCC[C@]1(C)c1ccccc1. The first-order valence-electron chi connectivity index (χ1n) is 7.68. The molecular weight excluding hydrogens is 216 g/mol. The van der Waals surface area contributed by atoms with E-state index in [2.05, 4.69) is 51.1 Å². The van der Waals surface area contributed by atoms with Crippen molar-refractivity contribution in [1.82, 2.24) is 0 Å². The molecule has 0 spiro atoms. The highest BCUT2D eigenvalue weighted by Gasteiger charge is 2.48. The summed E-state index contributed by atoms with van der Waals surface area (Å²) in [5, 5.41) is 0. The minimum absolute atomic E-state index is 0.391. The van der Waals surface area contributed by atoms with Crippen molar-refractivity contribution in [2.75, 3.05) is 0 Å². The van der Waals surface area contributed by atoms with Gasteiger partial charge in [0.25, 0.3) is 0 Å². The summed E-state index contributed by atoms with van der Waals surface area (Å²) >= 11 is 0. The maximum absolute atomic E-state index is 2.53. The van der Waals surface area contributed by atoms with E-state index in [0.29, 0.717) is 10.8 Å². The van der Waals surface area contributed by atoms with Gasteiger partial charge in [0.2, 0.25) is 0 Å². The fraction of sp³-hybridized carbons (Fsp3) is 0.667. The summed E-state index contributed by atoms with van der Waals surface area (Å²) in [7, 11) is 0. The van der Waals surface area contributed by atoms with Crippen molar-refractivity contribution in [3.63, 3.8) is 0 Å². The summed E-state index contributed by atoms with van der Waals surface area (Å²) in [5.41, 5.74) is 2.45. The Balaban J connectivity index is 2.19. The van der Waals surface area contributed by atoms with Gasteiger partial charge in [-0.15, -0.1) is 0 Å². The second-order valence-electron chi connectivity index (χ2n) is 6.57. The van der Waals surface area contributed by atoms with Gasteiger partial charge in [-0.1, -0.05) is 76.8 Å². The zero-order chi connectivity index (χ0) is 13.1. The van der Waals surface area contributed by atoms with E-state index in [1.807, 2.05) is 0 Å². The molecule has 1 aromatic carbocycles. The molecule has 1 aromatic rings. The van der Waals surface area contributed by atoms with Crippen molar-refractivity contribution in [3.8, 4) is 0 Å². The van der Waals surface area contributed by atoms with Gasteiger partial charge in [-0.05, 0) is 35.7 Å². The van der Waals surface area contributed by atoms with Crippen LogP contribution >= 0.6 is 0 Å². The first-order valence-corrected chi connectivity index (χ1v) is 7.68. The molecule has 1 saturated carbocycles. The molecule has 0 unspecified atom stereocenters. The maximum Gasteiger partial charge on any atom is -0.00215 e. The van der Waals surface area contributed by atoms with Crippen LogP contribution in [0, 0.1) is 5.41 Å². The lowest BCUT2D eigenvalue weighted by Gasteiger charge is -2.42. The van der Waals surface area contributed by atoms with E-state index in [1.165, 1.54) is 44.9 Å². The van der Waals surface area contributed by atoms with Gasteiger partial charge in [-0.2, -0.15) is 0 Å². The van der Waals surface area contributed by atoms with Crippen LogP contribution in [0.2, 0.25) is 0 Å². The molecule has 0 aliphatic heterocycles. The molecule has 100 valence electrons. The molecule has 0 heterocycles.